The predicted molar refractivity (Wildman–Crippen MR) is 63.3 cm³/mol. The summed E-state index contributed by atoms with van der Waals surface area (Å²) in [5, 5.41) is 9.87. The fourth-order valence-corrected chi connectivity index (χ4v) is 2.67. The minimum absolute atomic E-state index is 0.362. The average Bonchev–Trinajstić information content (AvgIpc) is 2.68. The van der Waals surface area contributed by atoms with Crippen LogP contribution in [0.3, 0.4) is 0 Å². The van der Waals surface area contributed by atoms with Crippen molar-refractivity contribution in [3.8, 4) is 5.75 Å². The van der Waals surface area contributed by atoms with Crippen molar-refractivity contribution in [2.45, 2.75) is 0 Å². The van der Waals surface area contributed by atoms with Crippen LogP contribution >= 0.6 is 11.3 Å². The fourth-order valence-electron chi connectivity index (χ4n) is 1.76. The summed E-state index contributed by atoms with van der Waals surface area (Å²) in [6.07, 6.45) is 3.94. The molecule has 1 N–H and O–H groups in total. The van der Waals surface area contributed by atoms with E-state index < -0.39 is 5.97 Å². The van der Waals surface area contributed by atoms with Gasteiger partial charge in [-0.3, -0.25) is 0 Å². The summed E-state index contributed by atoms with van der Waals surface area (Å²) >= 11 is 1.27. The molecule has 0 radical (unpaired) electrons. The van der Waals surface area contributed by atoms with Crippen molar-refractivity contribution in [3.05, 3.63) is 34.7 Å². The Kier molecular flexibility index (Phi) is 1.97. The Hall–Kier alpha value is -1.81. The van der Waals surface area contributed by atoms with Crippen LogP contribution in [0.1, 0.15) is 15.2 Å². The predicted octanol–water partition coefficient (Wildman–Crippen LogP) is 3.01. The van der Waals surface area contributed by atoms with Crippen molar-refractivity contribution in [1.29, 1.82) is 0 Å². The van der Waals surface area contributed by atoms with E-state index in [-0.39, 0.29) is 0 Å². The highest BCUT2D eigenvalue weighted by atomic mass is 32.1. The Labute approximate surface area is 95.6 Å². The lowest BCUT2D eigenvalue weighted by Crippen LogP contribution is -1.99. The number of carboxylic acid groups (broad SMARTS) is 1. The number of thiophene rings is 1. The highest BCUT2D eigenvalue weighted by Crippen LogP contribution is 2.34. The van der Waals surface area contributed by atoms with Crippen LogP contribution in [0.25, 0.3) is 16.2 Å². The van der Waals surface area contributed by atoms with Gasteiger partial charge in [0.1, 0.15) is 17.2 Å². The smallest absolute Gasteiger partial charge is 0.345 e. The van der Waals surface area contributed by atoms with Crippen LogP contribution in [0.4, 0.5) is 0 Å². The molecule has 1 aliphatic rings. The minimum Gasteiger partial charge on any atom is -0.489 e. The van der Waals surface area contributed by atoms with Crippen molar-refractivity contribution < 1.29 is 14.6 Å². The summed E-state index contributed by atoms with van der Waals surface area (Å²) in [6, 6.07) is 5.57. The Morgan fingerprint density at radius 1 is 1.38 bits per heavy atom. The maximum Gasteiger partial charge on any atom is 0.345 e. The summed E-state index contributed by atoms with van der Waals surface area (Å²) in [5.74, 6) is -0.0515. The van der Waals surface area contributed by atoms with Gasteiger partial charge in [-0.25, -0.2) is 4.79 Å². The zero-order chi connectivity index (χ0) is 11.1. The van der Waals surface area contributed by atoms with E-state index >= 15 is 0 Å². The van der Waals surface area contributed by atoms with E-state index in [1.807, 2.05) is 24.3 Å². The first-order valence-electron chi connectivity index (χ1n) is 4.84. The summed E-state index contributed by atoms with van der Waals surface area (Å²) in [6.45, 7) is 0.579. The lowest BCUT2D eigenvalue weighted by Gasteiger charge is -2.11. The largest absolute Gasteiger partial charge is 0.489 e. The van der Waals surface area contributed by atoms with Gasteiger partial charge < -0.3 is 9.84 Å². The molecule has 80 valence electrons. The molecule has 0 spiro atoms. The van der Waals surface area contributed by atoms with Crippen LogP contribution in [-0.2, 0) is 0 Å². The molecule has 0 aliphatic carbocycles. The molecule has 0 amide bonds. The van der Waals surface area contributed by atoms with E-state index in [1.54, 1.807) is 6.07 Å². The van der Waals surface area contributed by atoms with E-state index in [4.69, 9.17) is 9.84 Å². The monoisotopic (exact) mass is 232 g/mol. The molecule has 1 aromatic carbocycles. The van der Waals surface area contributed by atoms with E-state index in [1.165, 1.54) is 11.3 Å². The Balaban J connectivity index is 2.24. The summed E-state index contributed by atoms with van der Waals surface area (Å²) in [7, 11) is 0. The van der Waals surface area contributed by atoms with Crippen LogP contribution in [0.5, 0.6) is 5.75 Å². The second kappa shape index (κ2) is 3.35. The third-order valence-electron chi connectivity index (χ3n) is 2.49. The van der Waals surface area contributed by atoms with Gasteiger partial charge in [0.05, 0.1) is 0 Å². The molecule has 1 aliphatic heterocycles. The zero-order valence-corrected chi connectivity index (χ0v) is 9.08. The molecule has 3 nitrogen and oxygen atoms in total. The Bertz CT molecular complexity index is 610. The Morgan fingerprint density at radius 3 is 3.06 bits per heavy atom. The molecular weight excluding hydrogens is 224 g/mol. The van der Waals surface area contributed by atoms with Crippen LogP contribution < -0.4 is 4.74 Å². The summed E-state index contributed by atoms with van der Waals surface area (Å²) < 4.78 is 6.42. The second-order valence-corrected chi connectivity index (χ2v) is 4.64. The number of aromatic carboxylic acids is 1. The molecular formula is C12H8O3S. The third-order valence-corrected chi connectivity index (χ3v) is 3.58. The van der Waals surface area contributed by atoms with Gasteiger partial charge in [0.25, 0.3) is 0 Å². The van der Waals surface area contributed by atoms with Gasteiger partial charge in [-0.2, -0.15) is 0 Å². The summed E-state index contributed by atoms with van der Waals surface area (Å²) in [4.78, 5) is 11.2. The number of benzene rings is 1. The van der Waals surface area contributed by atoms with Crippen molar-refractivity contribution in [2.24, 2.45) is 0 Å². The normalized spacial score (nSPS) is 13.5. The second-order valence-electron chi connectivity index (χ2n) is 3.56. The molecule has 3 rings (SSSR count). The lowest BCUT2D eigenvalue weighted by atomic mass is 10.1. The van der Waals surface area contributed by atoms with Crippen LogP contribution in [-0.4, -0.2) is 17.7 Å². The number of carboxylic acids is 1. The number of rotatable bonds is 1. The maximum absolute atomic E-state index is 10.9. The third kappa shape index (κ3) is 1.39. The first-order chi connectivity index (χ1) is 7.74. The van der Waals surface area contributed by atoms with Gasteiger partial charge in [-0.15, -0.1) is 11.3 Å². The van der Waals surface area contributed by atoms with Gasteiger partial charge in [0.15, 0.2) is 0 Å². The van der Waals surface area contributed by atoms with Gasteiger partial charge in [0.2, 0.25) is 0 Å². The molecule has 1 aromatic heterocycles. The highest BCUT2D eigenvalue weighted by Gasteiger charge is 2.12. The van der Waals surface area contributed by atoms with Gasteiger partial charge >= 0.3 is 5.97 Å². The SMILES string of the molecule is O=C(O)c1cc2cc3c(cc2s1)OCC=C3. The number of ether oxygens (including phenoxy) is 1. The molecule has 0 fully saturated rings. The van der Waals surface area contributed by atoms with Crippen molar-refractivity contribution in [2.75, 3.05) is 6.61 Å². The molecule has 2 aromatic rings. The highest BCUT2D eigenvalue weighted by molar-refractivity contribution is 7.20. The van der Waals surface area contributed by atoms with E-state index in [9.17, 15) is 4.79 Å². The number of hydrogen-bond acceptors (Lipinski definition) is 3. The van der Waals surface area contributed by atoms with Gasteiger partial charge in [0, 0.05) is 10.3 Å². The first kappa shape index (κ1) is 9.42. The quantitative estimate of drug-likeness (QED) is 0.822. The summed E-state index contributed by atoms with van der Waals surface area (Å²) in [5.41, 5.74) is 1.01. The molecule has 0 unspecified atom stereocenters. The molecule has 4 heteroatoms. The maximum atomic E-state index is 10.9. The van der Waals surface area contributed by atoms with Crippen LogP contribution in [0.15, 0.2) is 24.3 Å². The molecule has 16 heavy (non-hydrogen) atoms. The van der Waals surface area contributed by atoms with E-state index in [2.05, 4.69) is 0 Å². The molecule has 0 saturated heterocycles. The van der Waals surface area contributed by atoms with E-state index in [0.29, 0.717) is 11.5 Å². The number of hydrogen-bond donors (Lipinski definition) is 1. The number of fused-ring (bicyclic) bond motifs is 2. The molecule has 0 atom stereocenters. The van der Waals surface area contributed by atoms with Gasteiger partial charge in [-0.05, 0) is 29.7 Å². The van der Waals surface area contributed by atoms with Crippen molar-refractivity contribution in [3.63, 3.8) is 0 Å². The lowest BCUT2D eigenvalue weighted by molar-refractivity contribution is 0.0702. The van der Waals surface area contributed by atoms with Crippen molar-refractivity contribution in [1.82, 2.24) is 0 Å². The Morgan fingerprint density at radius 2 is 2.25 bits per heavy atom. The van der Waals surface area contributed by atoms with Crippen LogP contribution in [0.2, 0.25) is 0 Å². The topological polar surface area (TPSA) is 46.5 Å². The average molecular weight is 232 g/mol. The minimum atomic E-state index is -0.879. The molecule has 2 heterocycles. The molecule has 0 saturated carbocycles. The standard InChI is InChI=1S/C12H8O3S/c13-12(14)11-5-8-4-7-2-1-3-15-9(7)6-10(8)16-11/h1-2,4-6H,3H2,(H,13,14). The van der Waals surface area contributed by atoms with Gasteiger partial charge in [-0.1, -0.05) is 6.08 Å². The van der Waals surface area contributed by atoms with E-state index in [0.717, 1.165) is 21.4 Å². The number of carbonyl (C=O) groups is 1. The molecule has 0 bridgehead atoms. The van der Waals surface area contributed by atoms with Crippen LogP contribution in [0, 0.1) is 0 Å². The fraction of sp³-hybridized carbons (Fsp3) is 0.0833. The zero-order valence-electron chi connectivity index (χ0n) is 8.27. The van der Waals surface area contributed by atoms with Crippen molar-refractivity contribution >= 4 is 33.5 Å². The first-order valence-corrected chi connectivity index (χ1v) is 5.66.